The molecule has 2 heterocycles. The van der Waals surface area contributed by atoms with E-state index in [-0.39, 0.29) is 0 Å². The normalized spacial score (nSPS) is 21.2. The number of nitrogens with zero attached hydrogens (tertiary/aromatic N) is 2. The molecule has 12 heavy (non-hydrogen) atoms. The van der Waals surface area contributed by atoms with Crippen molar-refractivity contribution in [2.45, 2.75) is 12.3 Å². The van der Waals surface area contributed by atoms with Crippen LogP contribution < -0.4 is 0 Å². The lowest BCUT2D eigenvalue weighted by Gasteiger charge is -2.10. The van der Waals surface area contributed by atoms with Gasteiger partial charge < -0.3 is 0 Å². The maximum atomic E-state index is 4.29. The van der Waals surface area contributed by atoms with Gasteiger partial charge in [-0.15, -0.1) is 0 Å². The number of hydrogen-bond donors (Lipinski definition) is 0. The Balaban J connectivity index is 2.21. The molecule has 1 unspecified atom stereocenters. The molecule has 1 aliphatic rings. The summed E-state index contributed by atoms with van der Waals surface area (Å²) in [5.41, 5.74) is 1.12. The van der Waals surface area contributed by atoms with Gasteiger partial charge in [0, 0.05) is 30.2 Å². The summed E-state index contributed by atoms with van der Waals surface area (Å²) in [6.45, 7) is 0. The predicted octanol–water partition coefficient (Wildman–Crippen LogP) is 2.15. The Morgan fingerprint density at radius 2 is 2.33 bits per heavy atom. The van der Waals surface area contributed by atoms with Crippen LogP contribution in [0.25, 0.3) is 0 Å². The molecule has 2 nitrogen and oxygen atoms in total. The van der Waals surface area contributed by atoms with Gasteiger partial charge in [-0.25, -0.2) is 0 Å². The highest BCUT2D eigenvalue weighted by Gasteiger charge is 2.08. The maximum Gasteiger partial charge on any atom is 0.0476 e. The largest absolute Gasteiger partial charge is 0.269 e. The highest BCUT2D eigenvalue weighted by molar-refractivity contribution is 5.61. The van der Waals surface area contributed by atoms with Crippen LogP contribution in [0.4, 0.5) is 0 Å². The van der Waals surface area contributed by atoms with Crippen molar-refractivity contribution in [1.29, 1.82) is 0 Å². The smallest absolute Gasteiger partial charge is 0.0476 e. The van der Waals surface area contributed by atoms with Crippen LogP contribution in [0, 0.1) is 0 Å². The van der Waals surface area contributed by atoms with E-state index in [9.17, 15) is 0 Å². The van der Waals surface area contributed by atoms with Gasteiger partial charge in [-0.3, -0.25) is 9.98 Å². The van der Waals surface area contributed by atoms with Crippen LogP contribution in [0.1, 0.15) is 18.0 Å². The number of aliphatic imine (C=N–C) groups is 1. The molecule has 0 aromatic carbocycles. The first kappa shape index (κ1) is 7.22. The predicted molar refractivity (Wildman–Crippen MR) is 49.2 cm³/mol. The second-order valence-corrected chi connectivity index (χ2v) is 2.77. The molecule has 1 aromatic rings. The third-order valence-electron chi connectivity index (χ3n) is 1.94. The van der Waals surface area contributed by atoms with Crippen LogP contribution in [-0.2, 0) is 0 Å². The SMILES string of the molecule is C1=CC(c2ccccn2)CC=N1. The summed E-state index contributed by atoms with van der Waals surface area (Å²) in [4.78, 5) is 8.31. The van der Waals surface area contributed by atoms with Crippen LogP contribution in [0.3, 0.4) is 0 Å². The maximum absolute atomic E-state index is 4.29. The quantitative estimate of drug-likeness (QED) is 0.614. The zero-order chi connectivity index (χ0) is 8.23. The standard InChI is InChI=1S/C10H10N2/c1-2-6-12-10(3-1)9-4-7-11-8-5-9/h1-4,6-9H,5H2. The summed E-state index contributed by atoms with van der Waals surface area (Å²) in [5.74, 6) is 0.420. The molecular weight excluding hydrogens is 148 g/mol. The number of hydrogen-bond acceptors (Lipinski definition) is 2. The molecule has 2 heteroatoms. The molecular formula is C10H10N2. The molecule has 1 aliphatic heterocycles. The van der Waals surface area contributed by atoms with Gasteiger partial charge in [0.25, 0.3) is 0 Å². The molecule has 2 rings (SSSR count). The van der Waals surface area contributed by atoms with Crippen molar-refractivity contribution in [3.8, 4) is 0 Å². The molecule has 1 aromatic heterocycles. The Kier molecular flexibility index (Phi) is 1.99. The Labute approximate surface area is 71.7 Å². The summed E-state index contributed by atoms with van der Waals surface area (Å²) in [5, 5.41) is 0. The number of aromatic nitrogens is 1. The zero-order valence-corrected chi connectivity index (χ0v) is 6.72. The third-order valence-corrected chi connectivity index (χ3v) is 1.94. The van der Waals surface area contributed by atoms with E-state index >= 15 is 0 Å². The van der Waals surface area contributed by atoms with Gasteiger partial charge in [0.15, 0.2) is 0 Å². The molecule has 0 fully saturated rings. The van der Waals surface area contributed by atoms with Gasteiger partial charge in [0.1, 0.15) is 0 Å². The Hall–Kier alpha value is -1.44. The fraction of sp³-hybridized carbons (Fsp3) is 0.200. The Morgan fingerprint density at radius 1 is 1.33 bits per heavy atom. The van der Waals surface area contributed by atoms with E-state index < -0.39 is 0 Å². The Bertz CT molecular complexity index is 301. The van der Waals surface area contributed by atoms with Crippen molar-refractivity contribution in [3.05, 3.63) is 42.4 Å². The zero-order valence-electron chi connectivity index (χ0n) is 6.72. The van der Waals surface area contributed by atoms with Crippen LogP contribution >= 0.6 is 0 Å². The molecule has 0 saturated heterocycles. The van der Waals surface area contributed by atoms with Crippen molar-refractivity contribution < 1.29 is 0 Å². The minimum absolute atomic E-state index is 0.420. The minimum atomic E-state index is 0.420. The summed E-state index contributed by atoms with van der Waals surface area (Å²) in [6, 6.07) is 6.00. The first-order chi connectivity index (χ1) is 5.97. The highest BCUT2D eigenvalue weighted by Crippen LogP contribution is 2.19. The van der Waals surface area contributed by atoms with E-state index in [0.29, 0.717) is 5.92 Å². The number of allylic oxidation sites excluding steroid dienone is 1. The second kappa shape index (κ2) is 3.30. The summed E-state index contributed by atoms with van der Waals surface area (Å²) in [7, 11) is 0. The summed E-state index contributed by atoms with van der Waals surface area (Å²) in [6.07, 6.45) is 8.65. The van der Waals surface area contributed by atoms with Gasteiger partial charge >= 0.3 is 0 Å². The van der Waals surface area contributed by atoms with Crippen molar-refractivity contribution in [2.24, 2.45) is 4.99 Å². The van der Waals surface area contributed by atoms with Crippen LogP contribution in [0.15, 0.2) is 41.7 Å². The lowest BCUT2D eigenvalue weighted by Crippen LogP contribution is -2.00. The van der Waals surface area contributed by atoms with Gasteiger partial charge in [-0.05, 0) is 18.6 Å². The number of rotatable bonds is 1. The minimum Gasteiger partial charge on any atom is -0.269 e. The van der Waals surface area contributed by atoms with E-state index in [2.05, 4.69) is 16.1 Å². The van der Waals surface area contributed by atoms with E-state index in [1.807, 2.05) is 36.8 Å². The van der Waals surface area contributed by atoms with Gasteiger partial charge in [-0.2, -0.15) is 0 Å². The molecule has 60 valence electrons. The molecule has 0 amide bonds. The second-order valence-electron chi connectivity index (χ2n) is 2.77. The van der Waals surface area contributed by atoms with Gasteiger partial charge in [-0.1, -0.05) is 12.1 Å². The fourth-order valence-electron chi connectivity index (χ4n) is 1.28. The van der Waals surface area contributed by atoms with E-state index in [1.54, 1.807) is 0 Å². The van der Waals surface area contributed by atoms with Crippen LogP contribution in [0.2, 0.25) is 0 Å². The van der Waals surface area contributed by atoms with Gasteiger partial charge in [0.2, 0.25) is 0 Å². The summed E-state index contributed by atoms with van der Waals surface area (Å²) >= 11 is 0. The topological polar surface area (TPSA) is 25.2 Å². The van der Waals surface area contributed by atoms with E-state index in [1.165, 1.54) is 0 Å². The first-order valence-corrected chi connectivity index (χ1v) is 4.06. The van der Waals surface area contributed by atoms with Gasteiger partial charge in [0.05, 0.1) is 0 Å². The average molecular weight is 158 g/mol. The first-order valence-electron chi connectivity index (χ1n) is 4.06. The molecule has 0 radical (unpaired) electrons. The lowest BCUT2D eigenvalue weighted by molar-refractivity contribution is 0.844. The van der Waals surface area contributed by atoms with Crippen molar-refractivity contribution in [2.75, 3.05) is 0 Å². The molecule has 0 aliphatic carbocycles. The summed E-state index contributed by atoms with van der Waals surface area (Å²) < 4.78 is 0. The Morgan fingerprint density at radius 3 is 3.00 bits per heavy atom. The average Bonchev–Trinajstić information content (AvgIpc) is 2.21. The highest BCUT2D eigenvalue weighted by atomic mass is 14.7. The van der Waals surface area contributed by atoms with Crippen molar-refractivity contribution in [3.63, 3.8) is 0 Å². The molecule has 1 atom stereocenters. The monoisotopic (exact) mass is 158 g/mol. The van der Waals surface area contributed by atoms with Crippen molar-refractivity contribution >= 4 is 6.21 Å². The van der Waals surface area contributed by atoms with E-state index in [4.69, 9.17) is 0 Å². The lowest BCUT2D eigenvalue weighted by atomic mass is 10.0. The van der Waals surface area contributed by atoms with E-state index in [0.717, 1.165) is 12.1 Å². The third kappa shape index (κ3) is 1.42. The molecule has 0 N–H and O–H groups in total. The fourth-order valence-corrected chi connectivity index (χ4v) is 1.28. The molecule has 0 bridgehead atoms. The molecule has 0 saturated carbocycles. The van der Waals surface area contributed by atoms with Crippen molar-refractivity contribution in [1.82, 2.24) is 4.98 Å². The number of pyridine rings is 1. The van der Waals surface area contributed by atoms with Crippen LogP contribution in [0.5, 0.6) is 0 Å². The van der Waals surface area contributed by atoms with Crippen LogP contribution in [-0.4, -0.2) is 11.2 Å². The molecule has 0 spiro atoms.